The number of rotatable bonds is 8. The van der Waals surface area contributed by atoms with E-state index in [4.69, 9.17) is 0 Å². The molecule has 26 heavy (non-hydrogen) atoms. The maximum Gasteiger partial charge on any atom is 0.251 e. The Labute approximate surface area is 156 Å². The summed E-state index contributed by atoms with van der Waals surface area (Å²) >= 11 is 0. The molecule has 0 aliphatic carbocycles. The van der Waals surface area contributed by atoms with Gasteiger partial charge in [0, 0.05) is 18.5 Å². The first-order valence-electron chi connectivity index (χ1n) is 9.17. The van der Waals surface area contributed by atoms with Gasteiger partial charge >= 0.3 is 0 Å². The summed E-state index contributed by atoms with van der Waals surface area (Å²) < 4.78 is 0. The lowest BCUT2D eigenvalue weighted by atomic mass is 10.00. The number of hydrogen-bond acceptors (Lipinski definition) is 2. The first-order valence-corrected chi connectivity index (χ1v) is 9.17. The lowest BCUT2D eigenvalue weighted by molar-refractivity contribution is -0.121. The highest BCUT2D eigenvalue weighted by atomic mass is 16.2. The molecular formula is C22H28N2O2. The van der Waals surface area contributed by atoms with Crippen molar-refractivity contribution in [1.82, 2.24) is 10.6 Å². The van der Waals surface area contributed by atoms with Crippen molar-refractivity contribution in [3.63, 3.8) is 0 Å². The highest BCUT2D eigenvalue weighted by Gasteiger charge is 2.11. The van der Waals surface area contributed by atoms with Crippen LogP contribution in [-0.4, -0.2) is 18.4 Å². The summed E-state index contributed by atoms with van der Waals surface area (Å²) in [6.07, 6.45) is 1.32. The molecule has 0 unspecified atom stereocenters. The average Bonchev–Trinajstić information content (AvgIpc) is 2.62. The van der Waals surface area contributed by atoms with Crippen LogP contribution in [-0.2, 0) is 11.2 Å². The van der Waals surface area contributed by atoms with Gasteiger partial charge in [0.05, 0.1) is 6.04 Å². The largest absolute Gasteiger partial charge is 0.352 e. The van der Waals surface area contributed by atoms with Gasteiger partial charge in [-0.25, -0.2) is 0 Å². The molecule has 0 aliphatic heterocycles. The Hall–Kier alpha value is -2.62. The molecule has 2 N–H and O–H groups in total. The normalized spacial score (nSPS) is 11.8. The summed E-state index contributed by atoms with van der Waals surface area (Å²) in [5, 5.41) is 5.75. The number of carbonyl (C=O) groups is 2. The van der Waals surface area contributed by atoms with Gasteiger partial charge in [-0.2, -0.15) is 0 Å². The van der Waals surface area contributed by atoms with Crippen molar-refractivity contribution < 1.29 is 9.59 Å². The Kier molecular flexibility index (Phi) is 7.39. The molecule has 1 atom stereocenters. The maximum atomic E-state index is 12.1. The van der Waals surface area contributed by atoms with Crippen molar-refractivity contribution in [3.05, 3.63) is 71.3 Å². The van der Waals surface area contributed by atoms with Gasteiger partial charge in [0.25, 0.3) is 5.91 Å². The second-order valence-corrected chi connectivity index (χ2v) is 7.00. The quantitative estimate of drug-likeness (QED) is 0.757. The van der Waals surface area contributed by atoms with Gasteiger partial charge in [0.1, 0.15) is 0 Å². The third kappa shape index (κ3) is 6.36. The van der Waals surface area contributed by atoms with Gasteiger partial charge in [-0.05, 0) is 42.5 Å². The predicted octanol–water partition coefficient (Wildman–Crippen LogP) is 3.88. The lowest BCUT2D eigenvalue weighted by Crippen LogP contribution is -2.32. The van der Waals surface area contributed by atoms with Crippen molar-refractivity contribution in [2.45, 2.75) is 39.7 Å². The van der Waals surface area contributed by atoms with E-state index in [1.165, 1.54) is 5.56 Å². The fraction of sp³-hybridized carbons (Fsp3) is 0.364. The number of carbonyl (C=O) groups excluding carboxylic acids is 2. The zero-order chi connectivity index (χ0) is 18.9. The Morgan fingerprint density at radius 3 is 2.19 bits per heavy atom. The zero-order valence-corrected chi connectivity index (χ0v) is 15.8. The van der Waals surface area contributed by atoms with Gasteiger partial charge in [0.15, 0.2) is 0 Å². The standard InChI is InChI=1S/C22H28N2O2/c1-16(2)15-18-9-11-19(12-10-18)17(3)24-21(25)13-14-23-22(26)20-7-5-4-6-8-20/h4-12,16-17H,13-15H2,1-3H3,(H,23,26)(H,24,25)/t17-/m0/s1. The van der Waals surface area contributed by atoms with Crippen LogP contribution in [0.1, 0.15) is 54.7 Å². The first-order chi connectivity index (χ1) is 12.5. The fourth-order valence-corrected chi connectivity index (χ4v) is 2.79. The van der Waals surface area contributed by atoms with Crippen LogP contribution >= 0.6 is 0 Å². The van der Waals surface area contributed by atoms with E-state index in [0.29, 0.717) is 18.0 Å². The van der Waals surface area contributed by atoms with E-state index in [-0.39, 0.29) is 24.3 Å². The third-order valence-corrected chi connectivity index (χ3v) is 4.17. The molecule has 0 bridgehead atoms. The van der Waals surface area contributed by atoms with E-state index >= 15 is 0 Å². The summed E-state index contributed by atoms with van der Waals surface area (Å²) in [6, 6.07) is 17.3. The van der Waals surface area contributed by atoms with Crippen LogP contribution in [0.4, 0.5) is 0 Å². The molecule has 0 fully saturated rings. The van der Waals surface area contributed by atoms with Crippen LogP contribution in [0.15, 0.2) is 54.6 Å². The summed E-state index contributed by atoms with van der Waals surface area (Å²) in [7, 11) is 0. The predicted molar refractivity (Wildman–Crippen MR) is 105 cm³/mol. The van der Waals surface area contributed by atoms with Gasteiger partial charge in [-0.15, -0.1) is 0 Å². The molecule has 2 aromatic carbocycles. The highest BCUT2D eigenvalue weighted by Crippen LogP contribution is 2.15. The number of benzene rings is 2. The van der Waals surface area contributed by atoms with E-state index < -0.39 is 0 Å². The van der Waals surface area contributed by atoms with Crippen molar-refractivity contribution >= 4 is 11.8 Å². The molecule has 0 heterocycles. The van der Waals surface area contributed by atoms with E-state index in [2.05, 4.69) is 48.7 Å². The van der Waals surface area contributed by atoms with Crippen LogP contribution in [0, 0.1) is 5.92 Å². The SMILES string of the molecule is CC(C)Cc1ccc([C@H](C)NC(=O)CCNC(=O)c2ccccc2)cc1. The number of nitrogens with one attached hydrogen (secondary N) is 2. The zero-order valence-electron chi connectivity index (χ0n) is 15.8. The Bertz CT molecular complexity index is 709. The van der Waals surface area contributed by atoms with Crippen LogP contribution in [0.2, 0.25) is 0 Å². The first kappa shape index (κ1) is 19.7. The minimum Gasteiger partial charge on any atom is -0.352 e. The van der Waals surface area contributed by atoms with E-state index in [9.17, 15) is 9.59 Å². The van der Waals surface area contributed by atoms with E-state index in [1.54, 1.807) is 12.1 Å². The highest BCUT2D eigenvalue weighted by molar-refractivity contribution is 5.94. The molecule has 4 nitrogen and oxygen atoms in total. The van der Waals surface area contributed by atoms with Crippen molar-refractivity contribution in [2.24, 2.45) is 5.92 Å². The van der Waals surface area contributed by atoms with Crippen molar-refractivity contribution in [2.75, 3.05) is 6.54 Å². The molecule has 0 saturated heterocycles. The second kappa shape index (κ2) is 9.76. The van der Waals surface area contributed by atoms with Gasteiger partial charge in [0.2, 0.25) is 5.91 Å². The molecule has 2 rings (SSSR count). The van der Waals surface area contributed by atoms with Crippen molar-refractivity contribution in [3.8, 4) is 0 Å². The Balaban J connectivity index is 1.75. The Morgan fingerprint density at radius 1 is 0.923 bits per heavy atom. The summed E-state index contributed by atoms with van der Waals surface area (Å²) in [5.41, 5.74) is 2.99. The summed E-state index contributed by atoms with van der Waals surface area (Å²) in [4.78, 5) is 24.0. The molecule has 4 heteroatoms. The Morgan fingerprint density at radius 2 is 1.58 bits per heavy atom. The van der Waals surface area contributed by atoms with Crippen LogP contribution in [0.25, 0.3) is 0 Å². The summed E-state index contributed by atoms with van der Waals surface area (Å²) in [6.45, 7) is 6.69. The average molecular weight is 352 g/mol. The maximum absolute atomic E-state index is 12.1. The molecule has 0 aliphatic rings. The summed E-state index contributed by atoms with van der Waals surface area (Å²) in [5.74, 6) is 0.397. The van der Waals surface area contributed by atoms with Gasteiger partial charge < -0.3 is 10.6 Å². The lowest BCUT2D eigenvalue weighted by Gasteiger charge is -2.15. The molecule has 0 spiro atoms. The smallest absolute Gasteiger partial charge is 0.251 e. The van der Waals surface area contributed by atoms with Gasteiger partial charge in [-0.1, -0.05) is 56.3 Å². The minimum atomic E-state index is -0.160. The minimum absolute atomic E-state index is 0.0552. The fourth-order valence-electron chi connectivity index (χ4n) is 2.79. The van der Waals surface area contributed by atoms with Crippen LogP contribution in [0.3, 0.4) is 0 Å². The molecule has 0 saturated carbocycles. The van der Waals surface area contributed by atoms with Crippen LogP contribution < -0.4 is 10.6 Å². The monoisotopic (exact) mass is 352 g/mol. The van der Waals surface area contributed by atoms with Crippen LogP contribution in [0.5, 0.6) is 0 Å². The van der Waals surface area contributed by atoms with E-state index in [1.807, 2.05) is 25.1 Å². The van der Waals surface area contributed by atoms with E-state index in [0.717, 1.165) is 12.0 Å². The molecule has 138 valence electrons. The topological polar surface area (TPSA) is 58.2 Å². The molecule has 0 radical (unpaired) electrons. The third-order valence-electron chi connectivity index (χ3n) is 4.17. The molecule has 2 aromatic rings. The molecule has 2 amide bonds. The number of hydrogen-bond donors (Lipinski definition) is 2. The molecule has 0 aromatic heterocycles. The van der Waals surface area contributed by atoms with Crippen molar-refractivity contribution in [1.29, 1.82) is 0 Å². The molecular weight excluding hydrogens is 324 g/mol. The van der Waals surface area contributed by atoms with Gasteiger partial charge in [-0.3, -0.25) is 9.59 Å². The second-order valence-electron chi connectivity index (χ2n) is 7.00. The number of amides is 2.